The number of carboxylic acids is 1. The SMILES string of the molecule is CC(C)(C)c1cn([C@H]2CC(C(=O)O)C[C@H]2NC(=O)C2CC2)nn1. The maximum Gasteiger partial charge on any atom is 0.306 e. The van der Waals surface area contributed by atoms with Gasteiger partial charge in [-0.3, -0.25) is 9.59 Å². The van der Waals surface area contributed by atoms with E-state index in [0.29, 0.717) is 12.8 Å². The van der Waals surface area contributed by atoms with Crippen LogP contribution in [0.5, 0.6) is 0 Å². The Morgan fingerprint density at radius 2 is 1.96 bits per heavy atom. The van der Waals surface area contributed by atoms with Gasteiger partial charge in [-0.05, 0) is 25.7 Å². The topological polar surface area (TPSA) is 97.1 Å². The Labute approximate surface area is 135 Å². The number of hydrogen-bond donors (Lipinski definition) is 2. The summed E-state index contributed by atoms with van der Waals surface area (Å²) in [7, 11) is 0. The number of carboxylic acid groups (broad SMARTS) is 1. The maximum atomic E-state index is 12.1. The van der Waals surface area contributed by atoms with Crippen LogP contribution in [0.15, 0.2) is 6.20 Å². The number of nitrogens with zero attached hydrogens (tertiary/aromatic N) is 3. The van der Waals surface area contributed by atoms with E-state index in [4.69, 9.17) is 0 Å². The molecule has 2 fully saturated rings. The van der Waals surface area contributed by atoms with Gasteiger partial charge in [-0.15, -0.1) is 5.10 Å². The van der Waals surface area contributed by atoms with Crippen LogP contribution >= 0.6 is 0 Å². The van der Waals surface area contributed by atoms with Gasteiger partial charge in [0, 0.05) is 17.5 Å². The monoisotopic (exact) mass is 320 g/mol. The molecule has 126 valence electrons. The predicted molar refractivity (Wildman–Crippen MR) is 82.8 cm³/mol. The Morgan fingerprint density at radius 1 is 1.26 bits per heavy atom. The fraction of sp³-hybridized carbons (Fsp3) is 0.750. The van der Waals surface area contributed by atoms with Crippen LogP contribution in [0.25, 0.3) is 0 Å². The van der Waals surface area contributed by atoms with Crippen molar-refractivity contribution in [1.29, 1.82) is 0 Å². The molecule has 23 heavy (non-hydrogen) atoms. The third-order valence-corrected chi connectivity index (χ3v) is 4.77. The van der Waals surface area contributed by atoms with Crippen LogP contribution in [0, 0.1) is 11.8 Å². The Hall–Kier alpha value is -1.92. The van der Waals surface area contributed by atoms with Gasteiger partial charge in [0.1, 0.15) is 0 Å². The number of hydrogen-bond acceptors (Lipinski definition) is 4. The standard InChI is InChI=1S/C16H24N4O3/c1-16(2,3)13-8-20(19-18-13)12-7-10(15(22)23)6-11(12)17-14(21)9-4-5-9/h8-12H,4-7H2,1-3H3,(H,17,21)(H,22,23)/t10?,11-,12+/m1/s1. The number of amides is 1. The second-order valence-electron chi connectivity index (χ2n) is 7.80. The van der Waals surface area contributed by atoms with Crippen LogP contribution in [0.3, 0.4) is 0 Å². The van der Waals surface area contributed by atoms with Crippen LogP contribution in [0.2, 0.25) is 0 Å². The first kappa shape index (κ1) is 16.0. The zero-order valence-electron chi connectivity index (χ0n) is 13.8. The summed E-state index contributed by atoms with van der Waals surface area (Å²) in [6, 6.07) is -0.346. The first-order valence-corrected chi connectivity index (χ1v) is 8.21. The minimum absolute atomic E-state index is 0.0437. The van der Waals surface area contributed by atoms with Gasteiger partial charge in [-0.1, -0.05) is 26.0 Å². The fourth-order valence-electron chi connectivity index (χ4n) is 3.09. The molecule has 2 aliphatic carbocycles. The summed E-state index contributed by atoms with van der Waals surface area (Å²) in [5.74, 6) is -1.11. The van der Waals surface area contributed by atoms with Crippen molar-refractivity contribution in [2.24, 2.45) is 11.8 Å². The molecule has 7 nitrogen and oxygen atoms in total. The van der Waals surface area contributed by atoms with Crippen LogP contribution in [-0.4, -0.2) is 38.0 Å². The average Bonchev–Trinajstić information content (AvgIpc) is 3.02. The van der Waals surface area contributed by atoms with Crippen molar-refractivity contribution < 1.29 is 14.7 Å². The van der Waals surface area contributed by atoms with Crippen molar-refractivity contribution in [3.05, 3.63) is 11.9 Å². The van der Waals surface area contributed by atoms with Gasteiger partial charge in [-0.25, -0.2) is 4.68 Å². The summed E-state index contributed by atoms with van der Waals surface area (Å²) >= 11 is 0. The van der Waals surface area contributed by atoms with Crippen LogP contribution in [0.1, 0.15) is 58.2 Å². The maximum absolute atomic E-state index is 12.1. The lowest BCUT2D eigenvalue weighted by Gasteiger charge is -2.21. The van der Waals surface area contributed by atoms with E-state index in [-0.39, 0.29) is 29.3 Å². The van der Waals surface area contributed by atoms with E-state index >= 15 is 0 Å². The van der Waals surface area contributed by atoms with E-state index in [0.717, 1.165) is 18.5 Å². The van der Waals surface area contributed by atoms with Crippen LogP contribution < -0.4 is 5.32 Å². The molecule has 1 aromatic heterocycles. The largest absolute Gasteiger partial charge is 0.481 e. The van der Waals surface area contributed by atoms with Gasteiger partial charge in [-0.2, -0.15) is 0 Å². The summed E-state index contributed by atoms with van der Waals surface area (Å²) < 4.78 is 1.74. The van der Waals surface area contributed by atoms with E-state index in [1.807, 2.05) is 6.20 Å². The molecule has 0 saturated heterocycles. The molecular formula is C16H24N4O3. The Kier molecular flexibility index (Phi) is 3.90. The van der Waals surface area contributed by atoms with Crippen LogP contribution in [-0.2, 0) is 15.0 Å². The second-order valence-corrected chi connectivity index (χ2v) is 7.80. The molecule has 0 aliphatic heterocycles. The first-order valence-electron chi connectivity index (χ1n) is 8.21. The molecule has 7 heteroatoms. The van der Waals surface area contributed by atoms with E-state index in [2.05, 4.69) is 36.4 Å². The molecule has 1 aromatic rings. The van der Waals surface area contributed by atoms with Gasteiger partial charge in [0.05, 0.1) is 23.7 Å². The smallest absolute Gasteiger partial charge is 0.306 e. The summed E-state index contributed by atoms with van der Waals surface area (Å²) in [5.41, 5.74) is 0.749. The summed E-state index contributed by atoms with van der Waals surface area (Å²) in [4.78, 5) is 23.4. The van der Waals surface area contributed by atoms with E-state index in [9.17, 15) is 14.7 Å². The van der Waals surface area contributed by atoms with Gasteiger partial charge >= 0.3 is 5.97 Å². The Bertz CT molecular complexity index is 615. The number of aromatic nitrogens is 3. The van der Waals surface area contributed by atoms with Gasteiger partial charge in [0.25, 0.3) is 0 Å². The number of aliphatic carboxylic acids is 1. The quantitative estimate of drug-likeness (QED) is 0.876. The van der Waals surface area contributed by atoms with Crippen molar-refractivity contribution in [2.75, 3.05) is 0 Å². The third kappa shape index (κ3) is 3.38. The van der Waals surface area contributed by atoms with E-state index in [1.54, 1.807) is 4.68 Å². The molecule has 3 atom stereocenters. The lowest BCUT2D eigenvalue weighted by atomic mass is 9.93. The zero-order chi connectivity index (χ0) is 16.8. The normalized spacial score (nSPS) is 27.9. The average molecular weight is 320 g/mol. The highest BCUT2D eigenvalue weighted by Gasteiger charge is 2.42. The van der Waals surface area contributed by atoms with Crippen molar-refractivity contribution in [3.8, 4) is 0 Å². The number of carbonyl (C=O) groups excluding carboxylic acids is 1. The Balaban J connectivity index is 1.79. The molecule has 1 heterocycles. The highest BCUT2D eigenvalue weighted by atomic mass is 16.4. The first-order chi connectivity index (χ1) is 10.8. The van der Waals surface area contributed by atoms with Gasteiger partial charge in [0.2, 0.25) is 5.91 Å². The number of carbonyl (C=O) groups is 2. The molecule has 2 aliphatic rings. The van der Waals surface area contributed by atoms with Crippen LogP contribution in [0.4, 0.5) is 0 Å². The molecule has 0 aromatic carbocycles. The lowest BCUT2D eigenvalue weighted by molar-refractivity contribution is -0.141. The van der Waals surface area contributed by atoms with E-state index in [1.165, 1.54) is 0 Å². The minimum atomic E-state index is -0.811. The second kappa shape index (κ2) is 5.62. The lowest BCUT2D eigenvalue weighted by Crippen LogP contribution is -2.39. The predicted octanol–water partition coefficient (Wildman–Crippen LogP) is 1.51. The molecule has 2 N–H and O–H groups in total. The molecule has 3 rings (SSSR count). The van der Waals surface area contributed by atoms with Crippen molar-refractivity contribution in [2.45, 2.75) is 64.0 Å². The summed E-state index contributed by atoms with van der Waals surface area (Å²) in [6.07, 6.45) is 4.67. The van der Waals surface area contributed by atoms with Gasteiger partial charge in [0.15, 0.2) is 0 Å². The number of nitrogens with one attached hydrogen (secondary N) is 1. The third-order valence-electron chi connectivity index (χ3n) is 4.77. The highest BCUT2D eigenvalue weighted by Crippen LogP contribution is 2.37. The zero-order valence-corrected chi connectivity index (χ0v) is 13.8. The molecule has 0 radical (unpaired) electrons. The fourth-order valence-corrected chi connectivity index (χ4v) is 3.09. The van der Waals surface area contributed by atoms with Crippen molar-refractivity contribution in [1.82, 2.24) is 20.3 Å². The molecule has 1 amide bonds. The van der Waals surface area contributed by atoms with Crippen molar-refractivity contribution >= 4 is 11.9 Å². The highest BCUT2D eigenvalue weighted by molar-refractivity contribution is 5.81. The minimum Gasteiger partial charge on any atom is -0.481 e. The van der Waals surface area contributed by atoms with Gasteiger partial charge < -0.3 is 10.4 Å². The van der Waals surface area contributed by atoms with Crippen molar-refractivity contribution in [3.63, 3.8) is 0 Å². The summed E-state index contributed by atoms with van der Waals surface area (Å²) in [5, 5.41) is 20.8. The number of rotatable bonds is 4. The molecular weight excluding hydrogens is 296 g/mol. The molecule has 2 saturated carbocycles. The Morgan fingerprint density at radius 3 is 2.48 bits per heavy atom. The molecule has 0 spiro atoms. The van der Waals surface area contributed by atoms with E-state index < -0.39 is 11.9 Å². The molecule has 0 bridgehead atoms. The summed E-state index contributed by atoms with van der Waals surface area (Å²) in [6.45, 7) is 6.17. The molecule has 1 unspecified atom stereocenters.